The SMILES string of the molecule is O=C(Cc1cccc(F)c1F)N1CCCN(CCCl)CC1. The maximum absolute atomic E-state index is 13.6. The van der Waals surface area contributed by atoms with Gasteiger partial charge in [-0.05, 0) is 19.0 Å². The van der Waals surface area contributed by atoms with Gasteiger partial charge in [-0.15, -0.1) is 11.6 Å². The Kier molecular flexibility index (Phi) is 5.94. The third kappa shape index (κ3) is 4.38. The van der Waals surface area contributed by atoms with Crippen LogP contribution in [-0.4, -0.2) is 54.3 Å². The quantitative estimate of drug-likeness (QED) is 0.796. The fraction of sp³-hybridized carbons (Fsp3) is 0.533. The number of hydrogen-bond donors (Lipinski definition) is 0. The molecule has 1 fully saturated rings. The van der Waals surface area contributed by atoms with E-state index in [4.69, 9.17) is 11.6 Å². The van der Waals surface area contributed by atoms with Crippen molar-refractivity contribution in [3.8, 4) is 0 Å². The molecule has 2 rings (SSSR count). The minimum absolute atomic E-state index is 0.0981. The Morgan fingerprint density at radius 3 is 2.76 bits per heavy atom. The summed E-state index contributed by atoms with van der Waals surface area (Å²) < 4.78 is 26.8. The van der Waals surface area contributed by atoms with Crippen molar-refractivity contribution in [3.63, 3.8) is 0 Å². The van der Waals surface area contributed by atoms with Crippen molar-refractivity contribution < 1.29 is 13.6 Å². The van der Waals surface area contributed by atoms with Crippen LogP contribution in [0.5, 0.6) is 0 Å². The molecule has 0 N–H and O–H groups in total. The van der Waals surface area contributed by atoms with Gasteiger partial charge in [-0.2, -0.15) is 0 Å². The fourth-order valence-corrected chi connectivity index (χ4v) is 2.76. The Morgan fingerprint density at radius 1 is 1.19 bits per heavy atom. The number of nitrogens with zero attached hydrogens (tertiary/aromatic N) is 2. The normalized spacial score (nSPS) is 16.8. The molecule has 0 aliphatic carbocycles. The van der Waals surface area contributed by atoms with Crippen LogP contribution in [0.15, 0.2) is 18.2 Å². The number of halogens is 3. The van der Waals surface area contributed by atoms with Crippen LogP contribution < -0.4 is 0 Å². The van der Waals surface area contributed by atoms with Crippen LogP contribution in [0.1, 0.15) is 12.0 Å². The molecule has 0 unspecified atom stereocenters. The number of carbonyl (C=O) groups is 1. The zero-order valence-electron chi connectivity index (χ0n) is 11.8. The average Bonchev–Trinajstić information content (AvgIpc) is 2.70. The van der Waals surface area contributed by atoms with E-state index >= 15 is 0 Å². The van der Waals surface area contributed by atoms with Crippen LogP contribution in [0.25, 0.3) is 0 Å². The lowest BCUT2D eigenvalue weighted by molar-refractivity contribution is -0.130. The average molecular weight is 317 g/mol. The van der Waals surface area contributed by atoms with Crippen molar-refractivity contribution in [3.05, 3.63) is 35.4 Å². The summed E-state index contributed by atoms with van der Waals surface area (Å²) in [4.78, 5) is 16.2. The molecule has 0 saturated carbocycles. The van der Waals surface area contributed by atoms with Crippen molar-refractivity contribution in [2.24, 2.45) is 0 Å². The van der Waals surface area contributed by atoms with Gasteiger partial charge in [-0.25, -0.2) is 8.78 Å². The highest BCUT2D eigenvalue weighted by atomic mass is 35.5. The van der Waals surface area contributed by atoms with Gasteiger partial charge in [0.2, 0.25) is 5.91 Å². The van der Waals surface area contributed by atoms with Gasteiger partial charge in [0.1, 0.15) is 0 Å². The second-order valence-corrected chi connectivity index (χ2v) is 5.53. The van der Waals surface area contributed by atoms with E-state index in [9.17, 15) is 13.6 Å². The highest BCUT2D eigenvalue weighted by molar-refractivity contribution is 6.18. The summed E-state index contributed by atoms with van der Waals surface area (Å²) in [6, 6.07) is 3.93. The summed E-state index contributed by atoms with van der Waals surface area (Å²) in [7, 11) is 0. The van der Waals surface area contributed by atoms with E-state index < -0.39 is 11.6 Å². The molecule has 0 aromatic heterocycles. The number of alkyl halides is 1. The highest BCUT2D eigenvalue weighted by Crippen LogP contribution is 2.14. The molecule has 3 nitrogen and oxygen atoms in total. The zero-order valence-corrected chi connectivity index (χ0v) is 12.6. The van der Waals surface area contributed by atoms with E-state index in [1.54, 1.807) is 4.90 Å². The third-order valence-corrected chi connectivity index (χ3v) is 3.88. The van der Waals surface area contributed by atoms with E-state index in [0.717, 1.165) is 32.1 Å². The molecular formula is C15H19ClF2N2O. The van der Waals surface area contributed by atoms with Gasteiger partial charge >= 0.3 is 0 Å². The maximum atomic E-state index is 13.6. The summed E-state index contributed by atoms with van der Waals surface area (Å²) in [5.41, 5.74) is 0.113. The van der Waals surface area contributed by atoms with Crippen molar-refractivity contribution in [2.75, 3.05) is 38.6 Å². The molecule has 1 aromatic carbocycles. The summed E-state index contributed by atoms with van der Waals surface area (Å²) >= 11 is 5.73. The van der Waals surface area contributed by atoms with Gasteiger partial charge in [-0.1, -0.05) is 12.1 Å². The first-order chi connectivity index (χ1) is 10.1. The van der Waals surface area contributed by atoms with Crippen LogP contribution in [0.2, 0.25) is 0 Å². The molecule has 1 aliphatic heterocycles. The molecule has 0 bridgehead atoms. The van der Waals surface area contributed by atoms with E-state index in [0.29, 0.717) is 19.0 Å². The predicted octanol–water partition coefficient (Wildman–Crippen LogP) is 2.28. The van der Waals surface area contributed by atoms with E-state index in [2.05, 4.69) is 4.90 Å². The molecule has 116 valence electrons. The van der Waals surface area contributed by atoms with Crippen LogP contribution in [0, 0.1) is 11.6 Å². The second kappa shape index (κ2) is 7.71. The molecule has 0 spiro atoms. The van der Waals surface area contributed by atoms with Crippen molar-refractivity contribution in [1.29, 1.82) is 0 Å². The summed E-state index contributed by atoms with van der Waals surface area (Å²) in [6.07, 6.45) is 0.771. The van der Waals surface area contributed by atoms with Gasteiger partial charge in [0.05, 0.1) is 6.42 Å². The minimum atomic E-state index is -0.926. The molecule has 1 aromatic rings. The Morgan fingerprint density at radius 2 is 2.00 bits per heavy atom. The number of hydrogen-bond acceptors (Lipinski definition) is 2. The third-order valence-electron chi connectivity index (χ3n) is 3.72. The molecule has 0 radical (unpaired) electrons. The van der Waals surface area contributed by atoms with Crippen LogP contribution >= 0.6 is 11.6 Å². The van der Waals surface area contributed by atoms with Crippen molar-refractivity contribution >= 4 is 17.5 Å². The molecule has 1 heterocycles. The lowest BCUT2D eigenvalue weighted by atomic mass is 10.1. The molecule has 21 heavy (non-hydrogen) atoms. The molecule has 1 amide bonds. The van der Waals surface area contributed by atoms with E-state index in [1.807, 2.05) is 0 Å². The molecule has 0 atom stereocenters. The summed E-state index contributed by atoms with van der Waals surface area (Å²) in [6.45, 7) is 3.73. The van der Waals surface area contributed by atoms with Crippen LogP contribution in [0.3, 0.4) is 0 Å². The van der Waals surface area contributed by atoms with Gasteiger partial charge < -0.3 is 9.80 Å². The number of rotatable bonds is 4. The molecular weight excluding hydrogens is 298 g/mol. The van der Waals surface area contributed by atoms with Crippen molar-refractivity contribution in [1.82, 2.24) is 9.80 Å². The number of amides is 1. The first-order valence-electron chi connectivity index (χ1n) is 7.11. The van der Waals surface area contributed by atoms with Crippen molar-refractivity contribution in [2.45, 2.75) is 12.8 Å². The highest BCUT2D eigenvalue weighted by Gasteiger charge is 2.20. The fourth-order valence-electron chi connectivity index (χ4n) is 2.52. The van der Waals surface area contributed by atoms with Gasteiger partial charge in [0.25, 0.3) is 0 Å². The maximum Gasteiger partial charge on any atom is 0.227 e. The monoisotopic (exact) mass is 316 g/mol. The molecule has 1 saturated heterocycles. The Bertz CT molecular complexity index is 499. The smallest absolute Gasteiger partial charge is 0.227 e. The second-order valence-electron chi connectivity index (χ2n) is 5.15. The standard InChI is InChI=1S/C15H19ClF2N2O/c16-5-8-19-6-2-7-20(10-9-19)14(21)11-12-3-1-4-13(17)15(12)18/h1,3-4H,2,5-11H2. The zero-order chi connectivity index (χ0) is 15.2. The van der Waals surface area contributed by atoms with Crippen LogP contribution in [-0.2, 0) is 11.2 Å². The van der Waals surface area contributed by atoms with Gasteiger partial charge in [-0.3, -0.25) is 4.79 Å². The predicted molar refractivity (Wildman–Crippen MR) is 78.4 cm³/mol. The summed E-state index contributed by atoms with van der Waals surface area (Å²) in [5, 5.41) is 0. The van der Waals surface area contributed by atoms with E-state index in [-0.39, 0.29) is 17.9 Å². The molecule has 6 heteroatoms. The lowest BCUT2D eigenvalue weighted by Crippen LogP contribution is -2.36. The topological polar surface area (TPSA) is 23.6 Å². The Balaban J connectivity index is 1.95. The van der Waals surface area contributed by atoms with Crippen LogP contribution in [0.4, 0.5) is 8.78 Å². The van der Waals surface area contributed by atoms with E-state index in [1.165, 1.54) is 12.1 Å². The Labute approximate surface area is 128 Å². The first-order valence-corrected chi connectivity index (χ1v) is 7.64. The number of carbonyl (C=O) groups excluding carboxylic acids is 1. The first kappa shape index (κ1) is 16.2. The Hall–Kier alpha value is -1.20. The minimum Gasteiger partial charge on any atom is -0.341 e. The van der Waals surface area contributed by atoms with Gasteiger partial charge in [0, 0.05) is 37.6 Å². The number of benzene rings is 1. The largest absolute Gasteiger partial charge is 0.341 e. The molecule has 1 aliphatic rings. The van der Waals surface area contributed by atoms with Gasteiger partial charge in [0.15, 0.2) is 11.6 Å². The lowest BCUT2D eigenvalue weighted by Gasteiger charge is -2.21. The summed E-state index contributed by atoms with van der Waals surface area (Å²) in [5.74, 6) is -1.43.